The number of amides is 2. The molecule has 1 aliphatic heterocycles. The third kappa shape index (κ3) is 7.37. The molecular formula is C31H31F3N6O2S. The number of carbonyl (C=O) groups excluding carboxylic acids is 1. The normalized spacial score (nSPS) is 15.2. The van der Waals surface area contributed by atoms with Crippen molar-refractivity contribution in [3.63, 3.8) is 0 Å². The third-order valence-electron chi connectivity index (χ3n) is 6.93. The predicted octanol–water partition coefficient (Wildman–Crippen LogP) is 7.73. The van der Waals surface area contributed by atoms with Gasteiger partial charge in [0, 0.05) is 23.5 Å². The smallest absolute Gasteiger partial charge is 0.406 e. The van der Waals surface area contributed by atoms with Crippen molar-refractivity contribution in [1.82, 2.24) is 20.1 Å². The number of benzene rings is 3. The van der Waals surface area contributed by atoms with Crippen molar-refractivity contribution >= 4 is 28.6 Å². The van der Waals surface area contributed by atoms with Gasteiger partial charge in [0.1, 0.15) is 12.1 Å². The second-order valence-electron chi connectivity index (χ2n) is 10.2. The molecule has 1 aliphatic rings. The molecule has 0 aliphatic carbocycles. The number of carbonyl (C=O) groups is 1. The number of anilines is 1. The van der Waals surface area contributed by atoms with Gasteiger partial charge < -0.3 is 15.0 Å². The number of halogens is 3. The highest BCUT2D eigenvalue weighted by molar-refractivity contribution is 8.14. The number of alkyl halides is 3. The van der Waals surface area contributed by atoms with Crippen molar-refractivity contribution in [3.8, 4) is 22.8 Å². The molecule has 4 aromatic rings. The van der Waals surface area contributed by atoms with Gasteiger partial charge >= 0.3 is 12.4 Å². The minimum absolute atomic E-state index is 0.239. The van der Waals surface area contributed by atoms with E-state index in [9.17, 15) is 18.0 Å². The number of ether oxygens (including phenoxy) is 1. The molecule has 1 unspecified atom stereocenters. The molecule has 2 amide bonds. The largest absolute Gasteiger partial charge is 0.573 e. The Kier molecular flexibility index (Phi) is 9.05. The minimum Gasteiger partial charge on any atom is -0.406 e. The number of rotatable bonds is 8. The lowest BCUT2D eigenvalue weighted by Crippen LogP contribution is -2.30. The van der Waals surface area contributed by atoms with Crippen LogP contribution in [0.15, 0.2) is 84.1 Å². The van der Waals surface area contributed by atoms with Crippen LogP contribution >= 0.6 is 11.8 Å². The van der Waals surface area contributed by atoms with E-state index in [1.165, 1.54) is 40.8 Å². The predicted molar refractivity (Wildman–Crippen MR) is 163 cm³/mol. The average Bonchev–Trinajstić information content (AvgIpc) is 3.66. The maximum Gasteiger partial charge on any atom is 0.573 e. The molecule has 2 heterocycles. The van der Waals surface area contributed by atoms with E-state index in [4.69, 9.17) is 0 Å². The number of hydrogen-bond donors (Lipinski definition) is 1. The van der Waals surface area contributed by atoms with E-state index in [1.807, 2.05) is 43.3 Å². The summed E-state index contributed by atoms with van der Waals surface area (Å²) in [7, 11) is 0. The van der Waals surface area contributed by atoms with Gasteiger partial charge in [0.25, 0.3) is 0 Å². The van der Waals surface area contributed by atoms with Crippen molar-refractivity contribution in [3.05, 3.63) is 90.3 Å². The molecule has 1 fully saturated rings. The van der Waals surface area contributed by atoms with Crippen LogP contribution in [0.4, 0.5) is 23.7 Å². The number of amidine groups is 1. The zero-order chi connectivity index (χ0) is 30.6. The number of urea groups is 1. The Bertz CT molecular complexity index is 1590. The molecule has 43 heavy (non-hydrogen) atoms. The zero-order valence-corrected chi connectivity index (χ0v) is 24.7. The highest BCUT2D eigenvalue weighted by Gasteiger charge is 2.31. The van der Waals surface area contributed by atoms with E-state index in [2.05, 4.69) is 56.0 Å². The van der Waals surface area contributed by atoms with Crippen molar-refractivity contribution in [1.29, 1.82) is 0 Å². The number of nitrogens with zero attached hydrogens (tertiary/aromatic N) is 5. The lowest BCUT2D eigenvalue weighted by Gasteiger charge is -2.23. The Hall–Kier alpha value is -4.32. The topological polar surface area (TPSA) is 84.6 Å². The van der Waals surface area contributed by atoms with Crippen LogP contribution in [0.2, 0.25) is 0 Å². The number of thioether (sulfide) groups is 1. The molecule has 0 bridgehead atoms. The Labute approximate surface area is 252 Å². The molecule has 12 heteroatoms. The average molecular weight is 609 g/mol. The van der Waals surface area contributed by atoms with E-state index >= 15 is 0 Å². The van der Waals surface area contributed by atoms with Gasteiger partial charge in [-0.1, -0.05) is 75.0 Å². The van der Waals surface area contributed by atoms with E-state index in [1.54, 1.807) is 11.8 Å². The van der Waals surface area contributed by atoms with Crippen LogP contribution in [0.3, 0.4) is 0 Å². The van der Waals surface area contributed by atoms with Crippen molar-refractivity contribution < 1.29 is 22.7 Å². The molecule has 8 nitrogen and oxygen atoms in total. The van der Waals surface area contributed by atoms with Crippen LogP contribution in [-0.2, 0) is 0 Å². The molecule has 1 saturated heterocycles. The van der Waals surface area contributed by atoms with Crippen LogP contribution in [0.1, 0.15) is 50.3 Å². The van der Waals surface area contributed by atoms with Gasteiger partial charge in [-0.3, -0.25) is 0 Å². The number of aliphatic imine (C=N–C) groups is 1. The molecule has 0 saturated carbocycles. The SMILES string of the molecule is CCC(NC(=O)/N=C1\SCCN1c1ccccc1C(C)C)c1ccc(-c2ncn(-c3ccc(OC(F)(F)F)cc3)n2)cc1. The maximum atomic E-state index is 13.0. The second-order valence-corrected chi connectivity index (χ2v) is 11.3. The zero-order valence-electron chi connectivity index (χ0n) is 23.9. The van der Waals surface area contributed by atoms with Crippen LogP contribution in [-0.4, -0.2) is 44.6 Å². The van der Waals surface area contributed by atoms with Gasteiger partial charge in [-0.25, -0.2) is 14.5 Å². The van der Waals surface area contributed by atoms with E-state index < -0.39 is 6.36 Å². The summed E-state index contributed by atoms with van der Waals surface area (Å²) in [4.78, 5) is 23.9. The first kappa shape index (κ1) is 30.1. The van der Waals surface area contributed by atoms with E-state index in [0.717, 1.165) is 29.1 Å². The molecule has 224 valence electrons. The monoisotopic (exact) mass is 608 g/mol. The van der Waals surface area contributed by atoms with Crippen LogP contribution in [0, 0.1) is 0 Å². The molecule has 3 aromatic carbocycles. The van der Waals surface area contributed by atoms with Crippen LogP contribution in [0.5, 0.6) is 5.75 Å². The highest BCUT2D eigenvalue weighted by atomic mass is 32.2. The molecule has 0 spiro atoms. The number of hydrogen-bond acceptors (Lipinski definition) is 5. The standard InChI is InChI=1S/C31H31F3N6O2S/c1-4-26(36-29(41)37-30-39(17-18-43-30)27-8-6-5-7-25(27)20(2)3)21-9-11-22(12-10-21)28-35-19-40(38-28)23-13-15-24(16-14-23)42-31(32,33)34/h5-16,19-20,26H,4,17-18H2,1-3H3,(H,36,41)/b37-30-. The maximum absolute atomic E-state index is 13.0. The van der Waals surface area contributed by atoms with Crippen molar-refractivity contribution in [2.45, 2.75) is 45.5 Å². The molecule has 5 rings (SSSR count). The van der Waals surface area contributed by atoms with Crippen molar-refractivity contribution in [2.24, 2.45) is 4.99 Å². The van der Waals surface area contributed by atoms with Crippen LogP contribution < -0.4 is 15.0 Å². The molecule has 1 atom stereocenters. The van der Waals surface area contributed by atoms with Crippen molar-refractivity contribution in [2.75, 3.05) is 17.2 Å². The van der Waals surface area contributed by atoms with Gasteiger partial charge in [0.05, 0.1) is 11.7 Å². The highest BCUT2D eigenvalue weighted by Crippen LogP contribution is 2.33. The quantitative estimate of drug-likeness (QED) is 0.220. The lowest BCUT2D eigenvalue weighted by molar-refractivity contribution is -0.274. The van der Waals surface area contributed by atoms with Gasteiger partial charge in [-0.05, 0) is 53.8 Å². The van der Waals surface area contributed by atoms with Gasteiger partial charge in [0.15, 0.2) is 11.0 Å². The minimum atomic E-state index is -4.75. The van der Waals surface area contributed by atoms with E-state index in [-0.39, 0.29) is 17.8 Å². The second kappa shape index (κ2) is 12.9. The molecular weight excluding hydrogens is 577 g/mol. The summed E-state index contributed by atoms with van der Waals surface area (Å²) in [5.74, 6) is 1.35. The first-order valence-electron chi connectivity index (χ1n) is 13.9. The summed E-state index contributed by atoms with van der Waals surface area (Å²) < 4.78 is 42.7. The van der Waals surface area contributed by atoms with Crippen LogP contribution in [0.25, 0.3) is 17.1 Å². The molecule has 1 N–H and O–H groups in total. The Morgan fingerprint density at radius 1 is 1.07 bits per heavy atom. The fourth-order valence-electron chi connectivity index (χ4n) is 4.81. The summed E-state index contributed by atoms with van der Waals surface area (Å²) in [6, 6.07) is 20.5. The van der Waals surface area contributed by atoms with E-state index in [0.29, 0.717) is 29.0 Å². The summed E-state index contributed by atoms with van der Waals surface area (Å²) in [5.41, 5.74) is 4.51. The third-order valence-corrected chi connectivity index (χ3v) is 7.88. The lowest BCUT2D eigenvalue weighted by atomic mass is 10.0. The van der Waals surface area contributed by atoms with Gasteiger partial charge in [0.2, 0.25) is 0 Å². The fourth-order valence-corrected chi connectivity index (χ4v) is 5.76. The molecule has 1 aromatic heterocycles. The van der Waals surface area contributed by atoms with Gasteiger partial charge in [-0.15, -0.1) is 18.3 Å². The Balaban J connectivity index is 1.25. The van der Waals surface area contributed by atoms with Gasteiger partial charge in [-0.2, -0.15) is 4.99 Å². The summed E-state index contributed by atoms with van der Waals surface area (Å²) in [6.07, 6.45) is -2.59. The number of nitrogens with one attached hydrogen (secondary N) is 1. The fraction of sp³-hybridized carbons (Fsp3) is 0.290. The summed E-state index contributed by atoms with van der Waals surface area (Å²) >= 11 is 1.58. The molecule has 0 radical (unpaired) electrons. The number of aromatic nitrogens is 3. The first-order valence-corrected chi connectivity index (χ1v) is 14.9. The summed E-state index contributed by atoms with van der Waals surface area (Å²) in [5, 5.41) is 8.19. The number of para-hydroxylation sites is 1. The Morgan fingerprint density at radius 2 is 1.79 bits per heavy atom. The first-order chi connectivity index (χ1) is 20.6. The summed E-state index contributed by atoms with van der Waals surface area (Å²) in [6.45, 7) is 7.10. The Morgan fingerprint density at radius 3 is 2.47 bits per heavy atom.